The summed E-state index contributed by atoms with van der Waals surface area (Å²) in [5, 5.41) is 0.769. The molecule has 0 radical (unpaired) electrons. The van der Waals surface area contributed by atoms with Crippen LogP contribution in [0.5, 0.6) is 5.75 Å². The van der Waals surface area contributed by atoms with Crippen LogP contribution in [-0.2, 0) is 29.4 Å². The van der Waals surface area contributed by atoms with E-state index in [1.54, 1.807) is 34.4 Å². The predicted octanol–water partition coefficient (Wildman–Crippen LogP) is 2.67. The van der Waals surface area contributed by atoms with Gasteiger partial charge in [0, 0.05) is 19.0 Å². The van der Waals surface area contributed by atoms with E-state index >= 15 is 0 Å². The number of hydrogen-bond donors (Lipinski definition) is 0. The first-order valence-electron chi connectivity index (χ1n) is 9.53. The smallest absolute Gasteiger partial charge is 0.262 e. The van der Waals surface area contributed by atoms with Gasteiger partial charge in [0.2, 0.25) is 10.0 Å². The molecule has 3 aromatic rings. The lowest BCUT2D eigenvalue weighted by atomic mass is 9.97. The molecular weight excluding hydrogens is 410 g/mol. The number of thiophene rings is 1. The van der Waals surface area contributed by atoms with E-state index < -0.39 is 10.0 Å². The van der Waals surface area contributed by atoms with Crippen molar-refractivity contribution < 1.29 is 13.2 Å². The van der Waals surface area contributed by atoms with Gasteiger partial charge in [-0.25, -0.2) is 17.7 Å². The van der Waals surface area contributed by atoms with Gasteiger partial charge in [-0.15, -0.1) is 11.3 Å². The zero-order valence-corrected chi connectivity index (χ0v) is 18.1. The first kappa shape index (κ1) is 20.1. The summed E-state index contributed by atoms with van der Waals surface area (Å²) in [5.41, 5.74) is 1.17. The highest BCUT2D eigenvalue weighted by molar-refractivity contribution is 7.89. The van der Waals surface area contributed by atoms with Gasteiger partial charge in [-0.1, -0.05) is 0 Å². The maximum Gasteiger partial charge on any atom is 0.262 e. The van der Waals surface area contributed by atoms with Gasteiger partial charge in [-0.3, -0.25) is 9.36 Å². The van der Waals surface area contributed by atoms with Crippen molar-refractivity contribution in [2.24, 2.45) is 0 Å². The molecule has 0 fully saturated rings. The molecule has 0 spiro atoms. The molecule has 1 aromatic carbocycles. The summed E-state index contributed by atoms with van der Waals surface area (Å²) >= 11 is 1.64. The van der Waals surface area contributed by atoms with Crippen molar-refractivity contribution >= 4 is 31.6 Å². The Morgan fingerprint density at radius 1 is 1.17 bits per heavy atom. The summed E-state index contributed by atoms with van der Waals surface area (Å²) in [7, 11) is -0.475. The van der Waals surface area contributed by atoms with Gasteiger partial charge in [0.05, 0.1) is 23.2 Å². The molecule has 154 valence electrons. The summed E-state index contributed by atoms with van der Waals surface area (Å²) in [6, 6.07) is 6.27. The highest BCUT2D eigenvalue weighted by Crippen LogP contribution is 2.33. The number of ether oxygens (including phenoxy) is 1. The standard InChI is InChI=1S/C20H23N3O4S2/c1-22(2)29(25,26)15-9-7-14(8-10-15)27-12-11-23-13-21-19-18(20(23)24)16-5-3-4-6-17(16)28-19/h7-10,13H,3-6,11-12H2,1-2H3. The van der Waals surface area contributed by atoms with Crippen LogP contribution in [0, 0.1) is 0 Å². The van der Waals surface area contributed by atoms with Crippen LogP contribution in [0.1, 0.15) is 23.3 Å². The minimum absolute atomic E-state index is 0.00887. The Kier molecular flexibility index (Phi) is 5.46. The van der Waals surface area contributed by atoms with E-state index in [0.29, 0.717) is 18.9 Å². The zero-order chi connectivity index (χ0) is 20.6. The molecule has 0 bridgehead atoms. The van der Waals surface area contributed by atoms with Crippen molar-refractivity contribution in [3.63, 3.8) is 0 Å². The SMILES string of the molecule is CN(C)S(=O)(=O)c1ccc(OCCn2cnc3sc4c(c3c2=O)CCCC4)cc1. The fourth-order valence-corrected chi connectivity index (χ4v) is 5.64. The summed E-state index contributed by atoms with van der Waals surface area (Å²) in [5.74, 6) is 0.553. The van der Waals surface area contributed by atoms with Gasteiger partial charge in [-0.2, -0.15) is 0 Å². The van der Waals surface area contributed by atoms with Gasteiger partial charge in [0.25, 0.3) is 5.56 Å². The number of nitrogens with zero attached hydrogens (tertiary/aromatic N) is 3. The first-order valence-corrected chi connectivity index (χ1v) is 11.8. The Balaban J connectivity index is 1.47. The molecule has 0 N–H and O–H groups in total. The summed E-state index contributed by atoms with van der Waals surface area (Å²) < 4.78 is 32.7. The number of benzene rings is 1. The van der Waals surface area contributed by atoms with E-state index in [4.69, 9.17) is 4.74 Å². The molecule has 0 amide bonds. The molecule has 0 saturated carbocycles. The Bertz CT molecular complexity index is 1190. The summed E-state index contributed by atoms with van der Waals surface area (Å²) in [4.78, 5) is 19.8. The molecule has 2 heterocycles. The van der Waals surface area contributed by atoms with Crippen molar-refractivity contribution in [2.45, 2.75) is 37.1 Å². The highest BCUT2D eigenvalue weighted by atomic mass is 32.2. The number of rotatable bonds is 6. The van der Waals surface area contributed by atoms with E-state index in [0.717, 1.165) is 29.5 Å². The molecule has 9 heteroatoms. The number of aryl methyl sites for hydroxylation is 2. The second-order valence-electron chi connectivity index (χ2n) is 7.24. The Morgan fingerprint density at radius 3 is 2.62 bits per heavy atom. The highest BCUT2D eigenvalue weighted by Gasteiger charge is 2.20. The van der Waals surface area contributed by atoms with Crippen molar-refractivity contribution in [1.82, 2.24) is 13.9 Å². The minimum Gasteiger partial charge on any atom is -0.492 e. The van der Waals surface area contributed by atoms with Gasteiger partial charge < -0.3 is 4.74 Å². The lowest BCUT2D eigenvalue weighted by Crippen LogP contribution is -2.24. The Morgan fingerprint density at radius 2 is 1.90 bits per heavy atom. The lowest BCUT2D eigenvalue weighted by Gasteiger charge is -2.12. The average molecular weight is 434 g/mol. The lowest BCUT2D eigenvalue weighted by molar-refractivity contribution is 0.296. The molecule has 0 aliphatic heterocycles. The molecule has 29 heavy (non-hydrogen) atoms. The number of aromatic nitrogens is 2. The van der Waals surface area contributed by atoms with E-state index in [9.17, 15) is 13.2 Å². The summed E-state index contributed by atoms with van der Waals surface area (Å²) in [6.07, 6.45) is 5.88. The Hall–Kier alpha value is -2.23. The molecular formula is C20H23N3O4S2. The molecule has 1 aliphatic carbocycles. The van der Waals surface area contributed by atoms with Crippen LogP contribution in [0.15, 0.2) is 40.3 Å². The molecule has 0 unspecified atom stereocenters. The van der Waals surface area contributed by atoms with Crippen LogP contribution in [0.3, 0.4) is 0 Å². The molecule has 1 aliphatic rings. The third-order valence-corrected chi connectivity index (χ3v) is 8.17. The second-order valence-corrected chi connectivity index (χ2v) is 10.5. The van der Waals surface area contributed by atoms with Crippen molar-refractivity contribution in [3.05, 3.63) is 51.4 Å². The van der Waals surface area contributed by atoms with Crippen molar-refractivity contribution in [3.8, 4) is 5.75 Å². The molecule has 2 aromatic heterocycles. The van der Waals surface area contributed by atoms with Gasteiger partial charge in [0.1, 0.15) is 17.2 Å². The van der Waals surface area contributed by atoms with E-state index in [1.165, 1.54) is 47.4 Å². The average Bonchev–Trinajstić information content (AvgIpc) is 3.09. The molecule has 7 nitrogen and oxygen atoms in total. The zero-order valence-electron chi connectivity index (χ0n) is 16.4. The molecule has 4 rings (SSSR count). The van der Waals surface area contributed by atoms with Crippen molar-refractivity contribution in [1.29, 1.82) is 0 Å². The van der Waals surface area contributed by atoms with Gasteiger partial charge in [0.15, 0.2) is 0 Å². The van der Waals surface area contributed by atoms with Crippen LogP contribution in [-0.4, -0.2) is 43.0 Å². The first-order chi connectivity index (χ1) is 13.9. The number of sulfonamides is 1. The fourth-order valence-electron chi connectivity index (χ4n) is 3.52. The fraction of sp³-hybridized carbons (Fsp3) is 0.400. The van der Waals surface area contributed by atoms with Crippen LogP contribution in [0.2, 0.25) is 0 Å². The second kappa shape index (κ2) is 7.89. The van der Waals surface area contributed by atoms with Crippen LogP contribution >= 0.6 is 11.3 Å². The van der Waals surface area contributed by atoms with Gasteiger partial charge in [-0.05, 0) is 55.5 Å². The van der Waals surface area contributed by atoms with Crippen molar-refractivity contribution in [2.75, 3.05) is 20.7 Å². The number of hydrogen-bond acceptors (Lipinski definition) is 6. The van der Waals surface area contributed by atoms with Crippen LogP contribution in [0.4, 0.5) is 0 Å². The summed E-state index contributed by atoms with van der Waals surface area (Å²) in [6.45, 7) is 0.670. The van der Waals surface area contributed by atoms with E-state index in [2.05, 4.69) is 4.98 Å². The maximum absolute atomic E-state index is 12.9. The van der Waals surface area contributed by atoms with Gasteiger partial charge >= 0.3 is 0 Å². The molecule has 0 atom stereocenters. The minimum atomic E-state index is -3.46. The van der Waals surface area contributed by atoms with Crippen LogP contribution < -0.4 is 10.3 Å². The topological polar surface area (TPSA) is 81.5 Å². The quantitative estimate of drug-likeness (QED) is 0.597. The monoisotopic (exact) mass is 433 g/mol. The third-order valence-electron chi connectivity index (χ3n) is 5.15. The Labute approximate surface area is 173 Å². The predicted molar refractivity (Wildman–Crippen MR) is 113 cm³/mol. The third kappa shape index (κ3) is 3.82. The maximum atomic E-state index is 12.9. The van der Waals surface area contributed by atoms with E-state index in [-0.39, 0.29) is 10.5 Å². The largest absolute Gasteiger partial charge is 0.492 e. The number of fused-ring (bicyclic) bond motifs is 3. The normalized spacial score (nSPS) is 14.3. The van der Waals surface area contributed by atoms with E-state index in [1.807, 2.05) is 0 Å². The molecule has 0 saturated heterocycles. The van der Waals surface area contributed by atoms with Crippen LogP contribution in [0.25, 0.3) is 10.2 Å².